The minimum Gasteiger partial charge on any atom is -0.467 e. The molecule has 1 aliphatic rings. The lowest BCUT2D eigenvalue weighted by Gasteiger charge is -2.37. The second kappa shape index (κ2) is 8.52. The Morgan fingerprint density at radius 3 is 2.09 bits per heavy atom. The highest BCUT2D eigenvalue weighted by Crippen LogP contribution is 2.45. The molecule has 1 heterocycles. The number of hydrogen-bond acceptors (Lipinski definition) is 4. The van der Waals surface area contributed by atoms with E-state index in [0.29, 0.717) is 6.07 Å². The van der Waals surface area contributed by atoms with Crippen LogP contribution in [0.3, 0.4) is 0 Å². The number of benzene rings is 2. The topological polar surface area (TPSA) is 55.8 Å². The summed E-state index contributed by atoms with van der Waals surface area (Å²) >= 11 is 0. The minimum atomic E-state index is -4.56. The first kappa shape index (κ1) is 24.3. The maximum absolute atomic E-state index is 14.6. The predicted molar refractivity (Wildman–Crippen MR) is 95.4 cm³/mol. The number of carbonyl (C=O) groups excluding carboxylic acids is 2. The zero-order valence-electron chi connectivity index (χ0n) is 16.8. The van der Waals surface area contributed by atoms with Gasteiger partial charge in [0.1, 0.15) is 11.9 Å². The second-order valence-corrected chi connectivity index (χ2v) is 6.87. The molecular formula is C20H13F8NO4. The lowest BCUT2D eigenvalue weighted by molar-refractivity contribution is -0.194. The minimum absolute atomic E-state index is 0.164. The monoisotopic (exact) mass is 483 g/mol. The molecule has 3 rings (SSSR count). The third-order valence-corrected chi connectivity index (χ3v) is 4.84. The van der Waals surface area contributed by atoms with Crippen molar-refractivity contribution in [3.05, 3.63) is 47.0 Å². The predicted octanol–water partition coefficient (Wildman–Crippen LogP) is 4.85. The summed E-state index contributed by atoms with van der Waals surface area (Å²) in [7, 11) is 0.903. The van der Waals surface area contributed by atoms with Crippen molar-refractivity contribution >= 4 is 17.6 Å². The number of esters is 1. The van der Waals surface area contributed by atoms with E-state index in [0.717, 1.165) is 7.11 Å². The molecule has 1 amide bonds. The molecule has 0 fully saturated rings. The van der Waals surface area contributed by atoms with Crippen LogP contribution >= 0.6 is 0 Å². The van der Waals surface area contributed by atoms with Gasteiger partial charge in [-0.1, -0.05) is 13.3 Å². The number of nitrogens with zero attached hydrogens (tertiary/aromatic N) is 1. The first-order valence-corrected chi connectivity index (χ1v) is 9.20. The summed E-state index contributed by atoms with van der Waals surface area (Å²) in [5.41, 5.74) is -3.73. The standard InChI is InChI=1S/C20H13F8NO4/c1-3-4-9(18(30)32-2)29-10-5-7(8(21)6-11(10)33-20(27,28)19(29)31)12-13(22)15(24)17(26)16(25)14(12)23/h5-6,9H,3-4H2,1-2H3/t9-/m1/s1. The van der Waals surface area contributed by atoms with Crippen molar-refractivity contribution in [2.45, 2.75) is 31.9 Å². The Labute approximate surface area is 180 Å². The van der Waals surface area contributed by atoms with Gasteiger partial charge in [-0.15, -0.1) is 0 Å². The van der Waals surface area contributed by atoms with Gasteiger partial charge >= 0.3 is 18.0 Å². The molecule has 0 saturated carbocycles. The molecule has 0 aromatic heterocycles. The number of carbonyl (C=O) groups is 2. The van der Waals surface area contributed by atoms with Gasteiger partial charge < -0.3 is 9.47 Å². The van der Waals surface area contributed by atoms with Crippen LogP contribution in [0.1, 0.15) is 19.8 Å². The number of methoxy groups -OCH3 is 1. The average Bonchev–Trinajstić information content (AvgIpc) is 2.76. The van der Waals surface area contributed by atoms with Crippen molar-refractivity contribution in [1.29, 1.82) is 0 Å². The van der Waals surface area contributed by atoms with Gasteiger partial charge in [0, 0.05) is 11.6 Å². The number of ether oxygens (including phenoxy) is 2. The summed E-state index contributed by atoms with van der Waals surface area (Å²) in [5, 5.41) is 0. The highest BCUT2D eigenvalue weighted by atomic mass is 19.3. The van der Waals surface area contributed by atoms with Gasteiger partial charge in [0.25, 0.3) is 0 Å². The number of fused-ring (bicyclic) bond motifs is 1. The molecule has 33 heavy (non-hydrogen) atoms. The molecule has 13 heteroatoms. The summed E-state index contributed by atoms with van der Waals surface area (Å²) in [6.45, 7) is 1.53. The van der Waals surface area contributed by atoms with E-state index in [4.69, 9.17) is 0 Å². The van der Waals surface area contributed by atoms with Crippen molar-refractivity contribution in [2.24, 2.45) is 0 Å². The lowest BCUT2D eigenvalue weighted by atomic mass is 9.99. The number of alkyl halides is 2. The smallest absolute Gasteiger partial charge is 0.467 e. The van der Waals surface area contributed by atoms with Crippen molar-refractivity contribution in [2.75, 3.05) is 12.0 Å². The number of amides is 1. The Morgan fingerprint density at radius 1 is 1.03 bits per heavy atom. The van der Waals surface area contributed by atoms with Gasteiger partial charge in [-0.25, -0.2) is 31.1 Å². The van der Waals surface area contributed by atoms with E-state index in [-0.39, 0.29) is 23.8 Å². The van der Waals surface area contributed by atoms with Gasteiger partial charge in [0.2, 0.25) is 5.82 Å². The zero-order valence-corrected chi connectivity index (χ0v) is 16.8. The molecule has 5 nitrogen and oxygen atoms in total. The Hall–Kier alpha value is -3.38. The zero-order chi connectivity index (χ0) is 24.8. The average molecular weight is 483 g/mol. The molecular weight excluding hydrogens is 470 g/mol. The van der Waals surface area contributed by atoms with Crippen LogP contribution in [-0.2, 0) is 14.3 Å². The van der Waals surface area contributed by atoms with E-state index >= 15 is 0 Å². The number of hydrogen-bond donors (Lipinski definition) is 0. The van der Waals surface area contributed by atoms with Crippen LogP contribution in [0.4, 0.5) is 40.8 Å². The molecule has 1 aliphatic heterocycles. The number of halogens is 8. The van der Waals surface area contributed by atoms with E-state index in [1.54, 1.807) is 0 Å². The van der Waals surface area contributed by atoms with Crippen LogP contribution in [-0.4, -0.2) is 31.1 Å². The van der Waals surface area contributed by atoms with Crippen LogP contribution in [0.5, 0.6) is 5.75 Å². The Morgan fingerprint density at radius 2 is 1.58 bits per heavy atom. The summed E-state index contributed by atoms with van der Waals surface area (Å²) in [6.07, 6.45) is -4.63. The van der Waals surface area contributed by atoms with E-state index in [2.05, 4.69) is 9.47 Å². The summed E-state index contributed by atoms with van der Waals surface area (Å²) in [6, 6.07) is -1.14. The van der Waals surface area contributed by atoms with Gasteiger partial charge in [0.15, 0.2) is 29.0 Å². The number of rotatable bonds is 5. The van der Waals surface area contributed by atoms with E-state index < -0.39 is 81.5 Å². The van der Waals surface area contributed by atoms with Crippen LogP contribution in [0.15, 0.2) is 12.1 Å². The van der Waals surface area contributed by atoms with E-state index in [9.17, 15) is 44.7 Å². The van der Waals surface area contributed by atoms with Gasteiger partial charge in [0.05, 0.1) is 18.4 Å². The molecule has 2 aromatic rings. The maximum Gasteiger partial charge on any atom is 0.483 e. The van der Waals surface area contributed by atoms with Crippen molar-refractivity contribution in [3.63, 3.8) is 0 Å². The number of anilines is 1. The maximum atomic E-state index is 14.6. The molecule has 2 aromatic carbocycles. The third kappa shape index (κ3) is 3.85. The third-order valence-electron chi connectivity index (χ3n) is 4.84. The Bertz CT molecular complexity index is 1120. The first-order chi connectivity index (χ1) is 15.4. The van der Waals surface area contributed by atoms with Gasteiger partial charge in [-0.05, 0) is 12.5 Å². The van der Waals surface area contributed by atoms with Crippen LogP contribution < -0.4 is 9.64 Å². The molecule has 0 saturated heterocycles. The lowest BCUT2D eigenvalue weighted by Crippen LogP contribution is -2.57. The van der Waals surface area contributed by atoms with Crippen molar-refractivity contribution < 1.29 is 54.2 Å². The van der Waals surface area contributed by atoms with Crippen LogP contribution in [0.2, 0.25) is 0 Å². The molecule has 0 N–H and O–H groups in total. The van der Waals surface area contributed by atoms with Crippen LogP contribution in [0, 0.1) is 34.9 Å². The summed E-state index contributed by atoms with van der Waals surface area (Å²) < 4.78 is 121. The van der Waals surface area contributed by atoms with Crippen molar-refractivity contribution in [3.8, 4) is 16.9 Å². The molecule has 0 unspecified atom stereocenters. The SMILES string of the molecule is CCC[C@H](C(=O)OC)N1C(=O)C(F)(F)Oc2cc(F)c(-c3c(F)c(F)c(F)c(F)c3F)cc21. The Balaban J connectivity index is 2.34. The fraction of sp³-hybridized carbons (Fsp3) is 0.300. The molecule has 0 bridgehead atoms. The van der Waals surface area contributed by atoms with E-state index in [1.807, 2.05) is 0 Å². The summed E-state index contributed by atoms with van der Waals surface area (Å²) in [4.78, 5) is 24.8. The molecule has 178 valence electrons. The molecule has 0 radical (unpaired) electrons. The Kier molecular flexibility index (Phi) is 6.27. The largest absolute Gasteiger partial charge is 0.483 e. The normalized spacial score (nSPS) is 15.7. The van der Waals surface area contributed by atoms with Gasteiger partial charge in [-0.3, -0.25) is 9.69 Å². The fourth-order valence-electron chi connectivity index (χ4n) is 3.35. The quantitative estimate of drug-likeness (QED) is 0.264. The molecule has 0 aliphatic carbocycles. The highest BCUT2D eigenvalue weighted by Gasteiger charge is 2.54. The summed E-state index contributed by atoms with van der Waals surface area (Å²) in [5.74, 6) is -18.0. The van der Waals surface area contributed by atoms with E-state index in [1.165, 1.54) is 6.92 Å². The van der Waals surface area contributed by atoms with Crippen molar-refractivity contribution in [1.82, 2.24) is 0 Å². The fourth-order valence-corrected chi connectivity index (χ4v) is 3.35. The van der Waals surface area contributed by atoms with Gasteiger partial charge in [-0.2, -0.15) is 8.78 Å². The first-order valence-electron chi connectivity index (χ1n) is 9.20. The molecule has 1 atom stereocenters. The second-order valence-electron chi connectivity index (χ2n) is 6.87. The highest BCUT2D eigenvalue weighted by molar-refractivity contribution is 6.05. The van der Waals surface area contributed by atoms with Crippen LogP contribution in [0.25, 0.3) is 11.1 Å². The molecule has 0 spiro atoms.